The largest absolute Gasteiger partial charge is 0.459 e. The number of hydrogen-bond donors (Lipinski definition) is 1. The lowest BCUT2D eigenvalue weighted by molar-refractivity contribution is -0.384. The molecule has 6 rings (SSSR count). The second-order valence-corrected chi connectivity index (χ2v) is 11.0. The molecule has 0 spiro atoms. The van der Waals surface area contributed by atoms with Gasteiger partial charge in [-0.2, -0.15) is 0 Å². The summed E-state index contributed by atoms with van der Waals surface area (Å²) in [5, 5.41) is 15.6. The molecule has 7 nitrogen and oxygen atoms in total. The highest BCUT2D eigenvalue weighted by Crippen LogP contribution is 2.43. The van der Waals surface area contributed by atoms with Crippen LogP contribution in [0, 0.1) is 10.1 Å². The monoisotopic (exact) mass is 584 g/mol. The minimum atomic E-state index is -0.400. The molecule has 1 saturated heterocycles. The summed E-state index contributed by atoms with van der Waals surface area (Å²) in [6, 6.07) is 31.3. The van der Waals surface area contributed by atoms with E-state index in [0.29, 0.717) is 10.1 Å². The van der Waals surface area contributed by atoms with Crippen molar-refractivity contribution in [2.45, 2.75) is 21.9 Å². The van der Waals surface area contributed by atoms with Crippen LogP contribution in [0.5, 0.6) is 0 Å². The van der Waals surface area contributed by atoms with Crippen LogP contribution in [0.2, 0.25) is 5.02 Å². The number of nitro benzene ring substituents is 1. The van der Waals surface area contributed by atoms with E-state index >= 15 is 0 Å². The molecule has 1 aliphatic heterocycles. The molecule has 40 heavy (non-hydrogen) atoms. The molecule has 0 amide bonds. The summed E-state index contributed by atoms with van der Waals surface area (Å²) >= 11 is 13.4. The molecule has 198 valence electrons. The number of thiocarbonyl (C=S) groups is 1. The zero-order valence-electron chi connectivity index (χ0n) is 20.8. The molecule has 3 heterocycles. The number of non-ortho nitro benzene ring substituents is 1. The Morgan fingerprint density at radius 2 is 1.62 bits per heavy atom. The molecular formula is C30H21ClN4O3S2. The van der Waals surface area contributed by atoms with E-state index in [9.17, 15) is 10.1 Å². The SMILES string of the molecule is O=[N+]([O-])c1ccc(Sc2ccc(N3C(=S)N[C@@H](c4ccccn4)[C@H]3c3ccc(-c4ccc(Cl)cc4)o3)cc2)cc1. The minimum Gasteiger partial charge on any atom is -0.459 e. The Bertz CT molecular complexity index is 1660. The summed E-state index contributed by atoms with van der Waals surface area (Å²) in [5.74, 6) is 1.48. The highest BCUT2D eigenvalue weighted by molar-refractivity contribution is 7.99. The minimum absolute atomic E-state index is 0.0698. The van der Waals surface area contributed by atoms with Crippen molar-refractivity contribution in [3.05, 3.63) is 136 Å². The van der Waals surface area contributed by atoms with Crippen LogP contribution in [0.1, 0.15) is 23.5 Å². The van der Waals surface area contributed by atoms with E-state index < -0.39 is 4.92 Å². The number of rotatable bonds is 7. The van der Waals surface area contributed by atoms with Gasteiger partial charge in [0.25, 0.3) is 5.69 Å². The molecule has 1 N–H and O–H groups in total. The number of nitro groups is 1. The van der Waals surface area contributed by atoms with E-state index in [1.807, 2.05) is 78.9 Å². The quantitative estimate of drug-likeness (QED) is 0.116. The van der Waals surface area contributed by atoms with Gasteiger partial charge in [0, 0.05) is 44.4 Å². The molecule has 0 radical (unpaired) electrons. The third-order valence-corrected chi connectivity index (χ3v) is 8.13. The lowest BCUT2D eigenvalue weighted by Crippen LogP contribution is -2.29. The zero-order valence-corrected chi connectivity index (χ0v) is 23.2. The fraction of sp³-hybridized carbons (Fsp3) is 0.0667. The van der Waals surface area contributed by atoms with E-state index in [2.05, 4.69) is 15.2 Å². The Morgan fingerprint density at radius 1 is 0.925 bits per heavy atom. The van der Waals surface area contributed by atoms with Gasteiger partial charge in [-0.25, -0.2) is 0 Å². The summed E-state index contributed by atoms with van der Waals surface area (Å²) in [5.41, 5.74) is 2.75. The fourth-order valence-electron chi connectivity index (χ4n) is 4.65. The zero-order chi connectivity index (χ0) is 27.6. The number of pyridine rings is 1. The van der Waals surface area contributed by atoms with Crippen molar-refractivity contribution in [2.75, 3.05) is 4.90 Å². The average molecular weight is 585 g/mol. The fourth-order valence-corrected chi connectivity index (χ4v) is 5.94. The second-order valence-electron chi connectivity index (χ2n) is 9.05. The maximum Gasteiger partial charge on any atom is 0.269 e. The predicted molar refractivity (Wildman–Crippen MR) is 161 cm³/mol. The summed E-state index contributed by atoms with van der Waals surface area (Å²) in [6.07, 6.45) is 1.77. The Hall–Kier alpha value is -4.18. The Balaban J connectivity index is 1.31. The van der Waals surface area contributed by atoms with E-state index in [1.54, 1.807) is 18.3 Å². The van der Waals surface area contributed by atoms with Crippen LogP contribution in [0.3, 0.4) is 0 Å². The lowest BCUT2D eigenvalue weighted by Gasteiger charge is -2.26. The van der Waals surface area contributed by atoms with E-state index in [0.717, 1.165) is 38.3 Å². The highest BCUT2D eigenvalue weighted by Gasteiger charge is 2.42. The molecule has 0 unspecified atom stereocenters. The molecule has 2 atom stereocenters. The lowest BCUT2D eigenvalue weighted by atomic mass is 10.0. The third kappa shape index (κ3) is 5.31. The maximum atomic E-state index is 11.0. The van der Waals surface area contributed by atoms with Crippen molar-refractivity contribution in [2.24, 2.45) is 0 Å². The molecule has 0 bridgehead atoms. The first-order valence-corrected chi connectivity index (χ1v) is 14.0. The van der Waals surface area contributed by atoms with Crippen LogP contribution >= 0.6 is 35.6 Å². The smallest absolute Gasteiger partial charge is 0.269 e. The molecule has 1 aliphatic rings. The van der Waals surface area contributed by atoms with Crippen LogP contribution in [-0.2, 0) is 0 Å². The van der Waals surface area contributed by atoms with Crippen LogP contribution in [-0.4, -0.2) is 15.0 Å². The van der Waals surface area contributed by atoms with E-state index in [4.69, 9.17) is 28.2 Å². The van der Waals surface area contributed by atoms with Crippen LogP contribution < -0.4 is 10.2 Å². The van der Waals surface area contributed by atoms with Crippen molar-refractivity contribution in [3.63, 3.8) is 0 Å². The van der Waals surface area contributed by atoms with Gasteiger partial charge in [-0.05, 0) is 97.1 Å². The van der Waals surface area contributed by atoms with Crippen LogP contribution in [0.25, 0.3) is 11.3 Å². The van der Waals surface area contributed by atoms with Crippen molar-refractivity contribution >= 4 is 52.1 Å². The first kappa shape index (κ1) is 26.1. The first-order valence-electron chi connectivity index (χ1n) is 12.3. The molecule has 10 heteroatoms. The van der Waals surface area contributed by atoms with Crippen LogP contribution in [0.4, 0.5) is 11.4 Å². The summed E-state index contributed by atoms with van der Waals surface area (Å²) < 4.78 is 6.41. The van der Waals surface area contributed by atoms with Gasteiger partial charge in [-0.1, -0.05) is 29.4 Å². The molecule has 1 fully saturated rings. The van der Waals surface area contributed by atoms with Gasteiger partial charge in [-0.15, -0.1) is 0 Å². The number of nitrogens with zero attached hydrogens (tertiary/aromatic N) is 3. The number of halogens is 1. The highest BCUT2D eigenvalue weighted by atomic mass is 35.5. The third-order valence-electron chi connectivity index (χ3n) is 6.54. The molecule has 3 aromatic carbocycles. The topological polar surface area (TPSA) is 84.4 Å². The van der Waals surface area contributed by atoms with Gasteiger partial charge in [0.05, 0.1) is 16.7 Å². The van der Waals surface area contributed by atoms with Crippen molar-refractivity contribution in [3.8, 4) is 11.3 Å². The molecule has 0 aliphatic carbocycles. The number of benzene rings is 3. The van der Waals surface area contributed by atoms with Gasteiger partial charge < -0.3 is 14.6 Å². The van der Waals surface area contributed by atoms with Gasteiger partial charge >= 0.3 is 0 Å². The summed E-state index contributed by atoms with van der Waals surface area (Å²) in [6.45, 7) is 0. The Labute approximate surface area is 245 Å². The molecule has 2 aromatic heterocycles. The van der Waals surface area contributed by atoms with E-state index in [-0.39, 0.29) is 17.8 Å². The van der Waals surface area contributed by atoms with Crippen molar-refractivity contribution in [1.29, 1.82) is 0 Å². The van der Waals surface area contributed by atoms with Crippen molar-refractivity contribution < 1.29 is 9.34 Å². The Morgan fingerprint density at radius 3 is 2.27 bits per heavy atom. The van der Waals surface area contributed by atoms with E-state index in [1.165, 1.54) is 23.9 Å². The van der Waals surface area contributed by atoms with Gasteiger partial charge in [-0.3, -0.25) is 15.1 Å². The van der Waals surface area contributed by atoms with Gasteiger partial charge in [0.2, 0.25) is 0 Å². The number of hydrogen-bond acceptors (Lipinski definition) is 6. The number of furan rings is 1. The van der Waals surface area contributed by atoms with Crippen LogP contribution in [0.15, 0.2) is 124 Å². The average Bonchev–Trinajstić information content (AvgIpc) is 3.59. The predicted octanol–water partition coefficient (Wildman–Crippen LogP) is 8.23. The number of anilines is 1. The van der Waals surface area contributed by atoms with Gasteiger partial charge in [0.15, 0.2) is 5.11 Å². The second kappa shape index (κ2) is 11.1. The maximum absolute atomic E-state index is 11.0. The first-order chi connectivity index (χ1) is 19.5. The normalized spacial score (nSPS) is 16.6. The standard InChI is InChI=1S/C30H21ClN4O3S2/c31-20-6-4-19(5-7-20)26-16-17-27(38-26)29-28(25-3-1-2-18-32-25)33-30(39)34(29)21-8-12-23(13-9-21)40-24-14-10-22(11-15-24)35(36)37/h1-18,28-29H,(H,33,39)/t28-,29+/m0/s1. The molecule has 0 saturated carbocycles. The summed E-state index contributed by atoms with van der Waals surface area (Å²) in [7, 11) is 0. The molecule has 5 aromatic rings. The number of aromatic nitrogens is 1. The summed E-state index contributed by atoms with van der Waals surface area (Å²) in [4.78, 5) is 19.1. The van der Waals surface area contributed by atoms with Gasteiger partial charge in [0.1, 0.15) is 17.6 Å². The number of nitrogens with one attached hydrogen (secondary N) is 1. The Kier molecular flexibility index (Phi) is 7.25. The molecular weight excluding hydrogens is 564 g/mol. The van der Waals surface area contributed by atoms with Crippen molar-refractivity contribution in [1.82, 2.24) is 10.3 Å².